The van der Waals surface area contributed by atoms with Crippen molar-refractivity contribution in [2.45, 2.75) is 6.54 Å². The van der Waals surface area contributed by atoms with Gasteiger partial charge in [0.25, 0.3) is 5.91 Å². The van der Waals surface area contributed by atoms with Gasteiger partial charge in [-0.2, -0.15) is 5.26 Å². The van der Waals surface area contributed by atoms with Gasteiger partial charge in [0.1, 0.15) is 6.54 Å². The van der Waals surface area contributed by atoms with Crippen molar-refractivity contribution in [3.8, 4) is 6.07 Å². The van der Waals surface area contributed by atoms with E-state index < -0.39 is 0 Å². The summed E-state index contributed by atoms with van der Waals surface area (Å²) < 4.78 is 0. The molecule has 0 heterocycles. The lowest BCUT2D eigenvalue weighted by molar-refractivity contribution is -0.885. The molecule has 22 heavy (non-hydrogen) atoms. The van der Waals surface area contributed by atoms with Crippen LogP contribution in [0.4, 0.5) is 5.69 Å². The van der Waals surface area contributed by atoms with Gasteiger partial charge in [0, 0.05) is 5.56 Å². The van der Waals surface area contributed by atoms with E-state index in [4.69, 9.17) is 16.9 Å². The molecule has 5 heteroatoms. The maximum absolute atomic E-state index is 12.0. The molecule has 1 atom stereocenters. The van der Waals surface area contributed by atoms with Crippen LogP contribution in [-0.2, 0) is 11.3 Å². The summed E-state index contributed by atoms with van der Waals surface area (Å²) in [6.07, 6.45) is 0. The highest BCUT2D eigenvalue weighted by Crippen LogP contribution is 2.19. The number of nitriles is 1. The van der Waals surface area contributed by atoms with E-state index in [9.17, 15) is 4.79 Å². The fourth-order valence-electron chi connectivity index (χ4n) is 2.14. The van der Waals surface area contributed by atoms with Gasteiger partial charge in [0.2, 0.25) is 0 Å². The Hall–Kier alpha value is -2.35. The van der Waals surface area contributed by atoms with Gasteiger partial charge in [-0.05, 0) is 24.3 Å². The van der Waals surface area contributed by atoms with Gasteiger partial charge in [-0.3, -0.25) is 4.79 Å². The summed E-state index contributed by atoms with van der Waals surface area (Å²) >= 11 is 6.02. The molecule has 1 unspecified atom stereocenters. The van der Waals surface area contributed by atoms with Crippen molar-refractivity contribution >= 4 is 23.2 Å². The fraction of sp³-hybridized carbons (Fsp3) is 0.176. The van der Waals surface area contributed by atoms with Crippen molar-refractivity contribution in [3.05, 3.63) is 64.7 Å². The number of hydrogen-bond acceptors (Lipinski definition) is 2. The van der Waals surface area contributed by atoms with Crippen LogP contribution in [0.25, 0.3) is 0 Å². The minimum absolute atomic E-state index is 0.0840. The third-order valence-corrected chi connectivity index (χ3v) is 3.53. The van der Waals surface area contributed by atoms with Crippen molar-refractivity contribution in [1.82, 2.24) is 0 Å². The van der Waals surface area contributed by atoms with E-state index in [0.29, 0.717) is 29.4 Å². The Morgan fingerprint density at radius 1 is 1.23 bits per heavy atom. The quantitative estimate of drug-likeness (QED) is 0.885. The minimum atomic E-state index is -0.0840. The highest BCUT2D eigenvalue weighted by atomic mass is 35.5. The zero-order valence-electron chi connectivity index (χ0n) is 12.3. The monoisotopic (exact) mass is 314 g/mol. The average molecular weight is 315 g/mol. The maximum atomic E-state index is 12.0. The number of quaternary nitrogens is 1. The van der Waals surface area contributed by atoms with E-state index in [1.165, 1.54) is 0 Å². The first-order valence-corrected chi connectivity index (χ1v) is 7.31. The van der Waals surface area contributed by atoms with Crippen molar-refractivity contribution in [2.24, 2.45) is 0 Å². The molecule has 2 aromatic rings. The Kier molecular flexibility index (Phi) is 5.54. The second-order valence-electron chi connectivity index (χ2n) is 5.15. The number of carbonyl (C=O) groups excluding carboxylic acids is 1. The molecule has 0 aromatic heterocycles. The number of nitrogens with zero attached hydrogens (tertiary/aromatic N) is 1. The van der Waals surface area contributed by atoms with Gasteiger partial charge in [0.15, 0.2) is 6.54 Å². The second-order valence-corrected chi connectivity index (χ2v) is 5.55. The molecule has 0 aliphatic rings. The summed E-state index contributed by atoms with van der Waals surface area (Å²) in [5, 5.41) is 12.1. The van der Waals surface area contributed by atoms with E-state index in [-0.39, 0.29) is 5.91 Å². The number of carbonyl (C=O) groups is 1. The molecule has 0 spiro atoms. The van der Waals surface area contributed by atoms with E-state index in [1.54, 1.807) is 24.3 Å². The van der Waals surface area contributed by atoms with Crippen LogP contribution in [0, 0.1) is 11.3 Å². The molecular formula is C17H17ClN3O+. The lowest BCUT2D eigenvalue weighted by Gasteiger charge is -2.14. The predicted molar refractivity (Wildman–Crippen MR) is 86.7 cm³/mol. The van der Waals surface area contributed by atoms with Gasteiger partial charge >= 0.3 is 0 Å². The smallest absolute Gasteiger partial charge is 0.279 e. The van der Waals surface area contributed by atoms with Gasteiger partial charge < -0.3 is 10.2 Å². The van der Waals surface area contributed by atoms with Crippen LogP contribution in [0.2, 0.25) is 5.02 Å². The normalized spacial score (nSPS) is 11.5. The minimum Gasteiger partial charge on any atom is -0.326 e. The van der Waals surface area contributed by atoms with Crippen molar-refractivity contribution in [1.29, 1.82) is 5.26 Å². The van der Waals surface area contributed by atoms with Crippen molar-refractivity contribution in [3.63, 3.8) is 0 Å². The van der Waals surface area contributed by atoms with Crippen LogP contribution in [0.5, 0.6) is 0 Å². The van der Waals surface area contributed by atoms with E-state index in [2.05, 4.69) is 11.4 Å². The first kappa shape index (κ1) is 16.0. The highest BCUT2D eigenvalue weighted by Gasteiger charge is 2.12. The molecule has 0 aliphatic carbocycles. The Labute approximate surface area is 134 Å². The number of hydrogen-bond donors (Lipinski definition) is 2. The summed E-state index contributed by atoms with van der Waals surface area (Å²) in [5.74, 6) is -0.0840. The van der Waals surface area contributed by atoms with Crippen LogP contribution in [0.15, 0.2) is 48.5 Å². The third-order valence-electron chi connectivity index (χ3n) is 3.20. The number of halogens is 1. The average Bonchev–Trinajstić information content (AvgIpc) is 2.50. The summed E-state index contributed by atoms with van der Waals surface area (Å²) in [5.41, 5.74) is 2.35. The fourth-order valence-corrected chi connectivity index (χ4v) is 2.32. The number of para-hydroxylation sites is 1. The molecular weight excluding hydrogens is 298 g/mol. The SMILES string of the molecule is C[NH+](CC(=O)Nc1ccccc1Cl)Cc1ccc(C#N)cc1. The lowest BCUT2D eigenvalue weighted by atomic mass is 10.1. The standard InChI is InChI=1S/C17H16ClN3O/c1-21(11-14-8-6-13(10-19)7-9-14)12-17(22)20-16-5-3-2-4-15(16)18/h2-9H,11-12H2,1H3,(H,20,22)/p+1. The summed E-state index contributed by atoms with van der Waals surface area (Å²) in [7, 11) is 1.95. The first-order chi connectivity index (χ1) is 10.6. The predicted octanol–water partition coefficient (Wildman–Crippen LogP) is 1.87. The van der Waals surface area contributed by atoms with Crippen LogP contribution in [0.1, 0.15) is 11.1 Å². The van der Waals surface area contributed by atoms with E-state index in [1.807, 2.05) is 31.3 Å². The third kappa shape index (κ3) is 4.59. The zero-order chi connectivity index (χ0) is 15.9. The topological polar surface area (TPSA) is 57.3 Å². The Bertz CT molecular complexity index is 692. The van der Waals surface area contributed by atoms with Crippen molar-refractivity contribution < 1.29 is 9.69 Å². The Balaban J connectivity index is 1.88. The zero-order valence-corrected chi connectivity index (χ0v) is 13.0. The van der Waals surface area contributed by atoms with Crippen LogP contribution >= 0.6 is 11.6 Å². The van der Waals surface area contributed by atoms with Gasteiger partial charge in [-0.1, -0.05) is 35.9 Å². The van der Waals surface area contributed by atoms with Crippen LogP contribution in [-0.4, -0.2) is 19.5 Å². The second kappa shape index (κ2) is 7.60. The highest BCUT2D eigenvalue weighted by molar-refractivity contribution is 6.33. The number of nitrogens with one attached hydrogen (secondary N) is 2. The molecule has 0 saturated heterocycles. The Morgan fingerprint density at radius 2 is 1.91 bits per heavy atom. The first-order valence-electron chi connectivity index (χ1n) is 6.93. The largest absolute Gasteiger partial charge is 0.326 e. The van der Waals surface area contributed by atoms with E-state index in [0.717, 1.165) is 10.5 Å². The number of amides is 1. The summed E-state index contributed by atoms with van der Waals surface area (Å²) in [4.78, 5) is 13.1. The van der Waals surface area contributed by atoms with Crippen molar-refractivity contribution in [2.75, 3.05) is 18.9 Å². The molecule has 0 saturated carbocycles. The van der Waals surface area contributed by atoms with Gasteiger partial charge in [-0.15, -0.1) is 0 Å². The molecule has 112 valence electrons. The lowest BCUT2D eigenvalue weighted by Crippen LogP contribution is -3.08. The molecule has 0 radical (unpaired) electrons. The molecule has 0 aliphatic heterocycles. The molecule has 2 aromatic carbocycles. The number of benzene rings is 2. The molecule has 1 amide bonds. The molecule has 4 nitrogen and oxygen atoms in total. The van der Waals surface area contributed by atoms with Crippen LogP contribution < -0.4 is 10.2 Å². The molecule has 0 fully saturated rings. The summed E-state index contributed by atoms with van der Waals surface area (Å²) in [6.45, 7) is 1.05. The van der Waals surface area contributed by atoms with Crippen LogP contribution in [0.3, 0.4) is 0 Å². The van der Waals surface area contributed by atoms with Gasteiger partial charge in [-0.25, -0.2) is 0 Å². The Morgan fingerprint density at radius 3 is 2.55 bits per heavy atom. The molecule has 0 bridgehead atoms. The van der Waals surface area contributed by atoms with Gasteiger partial charge in [0.05, 0.1) is 29.4 Å². The van der Waals surface area contributed by atoms with E-state index >= 15 is 0 Å². The number of anilines is 1. The molecule has 2 rings (SSSR count). The number of rotatable bonds is 5. The molecule has 2 N–H and O–H groups in total. The number of likely N-dealkylation sites (N-methyl/N-ethyl adjacent to an activating group) is 1. The maximum Gasteiger partial charge on any atom is 0.279 e. The summed E-state index contributed by atoms with van der Waals surface area (Å²) in [6, 6.07) is 16.6.